The number of amides is 3. The van der Waals surface area contributed by atoms with Crippen molar-refractivity contribution < 1.29 is 19.1 Å². The van der Waals surface area contributed by atoms with Crippen molar-refractivity contribution in [3.05, 3.63) is 29.8 Å². The lowest BCUT2D eigenvalue weighted by atomic mass is 10.0. The number of piperidine rings is 1. The van der Waals surface area contributed by atoms with E-state index in [-0.39, 0.29) is 28.8 Å². The van der Waals surface area contributed by atoms with Gasteiger partial charge in [-0.2, -0.15) is 0 Å². The number of likely N-dealkylation sites (tertiary alicyclic amines) is 1. The molecule has 0 radical (unpaired) electrons. The molecule has 2 aliphatic heterocycles. The third kappa shape index (κ3) is 3.40. The van der Waals surface area contributed by atoms with Gasteiger partial charge in [-0.15, -0.1) is 0 Å². The fourth-order valence-corrected chi connectivity index (χ4v) is 3.99. The van der Waals surface area contributed by atoms with Gasteiger partial charge in [-0.3, -0.25) is 19.3 Å². The van der Waals surface area contributed by atoms with Gasteiger partial charge in [0.1, 0.15) is 5.75 Å². The van der Waals surface area contributed by atoms with Crippen molar-refractivity contribution in [3.63, 3.8) is 0 Å². The van der Waals surface area contributed by atoms with Gasteiger partial charge >= 0.3 is 0 Å². The first-order valence-electron chi connectivity index (χ1n) is 7.98. The number of carbonyl (C=O) groups is 3. The fourth-order valence-electron chi connectivity index (χ4n) is 3.21. The molecule has 2 fully saturated rings. The molecule has 0 aliphatic carbocycles. The van der Waals surface area contributed by atoms with E-state index < -0.39 is 0 Å². The monoisotopic (exact) mass is 348 g/mol. The third-order valence-electron chi connectivity index (χ3n) is 4.50. The minimum absolute atomic E-state index is 0.0476. The van der Waals surface area contributed by atoms with E-state index in [9.17, 15) is 14.4 Å². The van der Waals surface area contributed by atoms with E-state index in [1.807, 2.05) is 24.3 Å². The highest BCUT2D eigenvalue weighted by Crippen LogP contribution is 2.27. The number of nitrogens with zero attached hydrogens (tertiary/aromatic N) is 2. The van der Waals surface area contributed by atoms with Crippen LogP contribution in [0.5, 0.6) is 5.75 Å². The van der Waals surface area contributed by atoms with Crippen LogP contribution in [0.1, 0.15) is 18.4 Å². The van der Waals surface area contributed by atoms with Gasteiger partial charge in [-0.1, -0.05) is 30.0 Å². The van der Waals surface area contributed by atoms with Crippen molar-refractivity contribution in [3.8, 4) is 5.75 Å². The second-order valence-corrected chi connectivity index (χ2v) is 6.85. The number of ether oxygens (including phenoxy) is 1. The zero-order chi connectivity index (χ0) is 17.1. The second-order valence-electron chi connectivity index (χ2n) is 5.92. The molecule has 2 aliphatic rings. The van der Waals surface area contributed by atoms with Gasteiger partial charge in [-0.25, -0.2) is 0 Å². The number of hydrogen-bond acceptors (Lipinski definition) is 5. The van der Waals surface area contributed by atoms with E-state index >= 15 is 0 Å². The molecule has 2 saturated heterocycles. The molecule has 3 rings (SSSR count). The summed E-state index contributed by atoms with van der Waals surface area (Å²) >= 11 is 1.06. The largest absolute Gasteiger partial charge is 0.496 e. The maximum atomic E-state index is 12.5. The molecule has 2 heterocycles. The highest BCUT2D eigenvalue weighted by molar-refractivity contribution is 8.14. The Bertz CT molecular complexity index is 640. The van der Waals surface area contributed by atoms with Gasteiger partial charge in [-0.05, 0) is 18.9 Å². The normalized spacial score (nSPS) is 19.0. The number of para-hydroxylation sites is 1. The van der Waals surface area contributed by atoms with Gasteiger partial charge in [0.25, 0.3) is 5.24 Å². The van der Waals surface area contributed by atoms with E-state index in [0.29, 0.717) is 38.1 Å². The maximum absolute atomic E-state index is 12.5. The summed E-state index contributed by atoms with van der Waals surface area (Å²) < 4.78 is 5.29. The van der Waals surface area contributed by atoms with Crippen molar-refractivity contribution in [1.29, 1.82) is 0 Å². The Hall–Kier alpha value is -2.02. The molecule has 24 heavy (non-hydrogen) atoms. The topological polar surface area (TPSA) is 66.9 Å². The lowest BCUT2D eigenvalue weighted by molar-refractivity contribution is -0.132. The SMILES string of the molecule is COc1ccccc1CC(=O)N1CCC(N2C(=O)CSC2=O)CC1. The minimum Gasteiger partial charge on any atom is -0.496 e. The molecule has 3 amide bonds. The smallest absolute Gasteiger partial charge is 0.289 e. The zero-order valence-electron chi connectivity index (χ0n) is 13.6. The molecule has 0 unspecified atom stereocenters. The van der Waals surface area contributed by atoms with Crippen LogP contribution in [0.25, 0.3) is 0 Å². The molecule has 1 aromatic carbocycles. The standard InChI is InChI=1S/C17H20N2O4S/c1-23-14-5-3-2-4-12(14)10-15(20)18-8-6-13(7-9-18)19-16(21)11-24-17(19)22/h2-5,13H,6-11H2,1H3. The molecular weight excluding hydrogens is 328 g/mol. The average Bonchev–Trinajstić information content (AvgIpc) is 2.94. The molecule has 6 nitrogen and oxygen atoms in total. The molecule has 0 atom stereocenters. The first kappa shape index (κ1) is 16.8. The van der Waals surface area contributed by atoms with E-state index in [1.54, 1.807) is 12.0 Å². The highest BCUT2D eigenvalue weighted by atomic mass is 32.2. The van der Waals surface area contributed by atoms with Crippen molar-refractivity contribution in [2.24, 2.45) is 0 Å². The summed E-state index contributed by atoms with van der Waals surface area (Å²) in [4.78, 5) is 39.3. The van der Waals surface area contributed by atoms with Gasteiger partial charge in [0.05, 0.1) is 19.3 Å². The predicted octanol–water partition coefficient (Wildman–Crippen LogP) is 1.92. The van der Waals surface area contributed by atoms with Crippen LogP contribution in [0.3, 0.4) is 0 Å². The van der Waals surface area contributed by atoms with Gasteiger partial charge in [0.15, 0.2) is 0 Å². The van der Waals surface area contributed by atoms with Crippen LogP contribution < -0.4 is 4.74 Å². The summed E-state index contributed by atoms with van der Waals surface area (Å²) in [5.74, 6) is 0.896. The Labute approximate surface area is 145 Å². The molecule has 7 heteroatoms. The van der Waals surface area contributed by atoms with Crippen LogP contribution in [0.2, 0.25) is 0 Å². The molecule has 0 N–H and O–H groups in total. The number of imide groups is 1. The Morgan fingerprint density at radius 2 is 1.96 bits per heavy atom. The van der Waals surface area contributed by atoms with E-state index in [0.717, 1.165) is 17.3 Å². The summed E-state index contributed by atoms with van der Waals surface area (Å²) in [6, 6.07) is 7.43. The lowest BCUT2D eigenvalue weighted by Gasteiger charge is -2.35. The molecule has 0 aromatic heterocycles. The first-order chi connectivity index (χ1) is 11.6. The second kappa shape index (κ2) is 7.25. The minimum atomic E-state index is -0.154. The molecule has 0 saturated carbocycles. The molecule has 1 aromatic rings. The Morgan fingerprint density at radius 1 is 1.25 bits per heavy atom. The summed E-state index contributed by atoms with van der Waals surface area (Å²) in [7, 11) is 1.59. The van der Waals surface area contributed by atoms with Crippen molar-refractivity contribution in [2.45, 2.75) is 25.3 Å². The first-order valence-corrected chi connectivity index (χ1v) is 8.97. The number of methoxy groups -OCH3 is 1. The Kier molecular flexibility index (Phi) is 5.08. The number of thioether (sulfide) groups is 1. The third-order valence-corrected chi connectivity index (χ3v) is 5.34. The van der Waals surface area contributed by atoms with Gasteiger partial charge in [0.2, 0.25) is 11.8 Å². The van der Waals surface area contributed by atoms with Gasteiger partial charge in [0, 0.05) is 24.7 Å². The summed E-state index contributed by atoms with van der Waals surface area (Å²) in [5, 5.41) is -0.154. The number of hydrogen-bond donors (Lipinski definition) is 0. The Morgan fingerprint density at radius 3 is 2.58 bits per heavy atom. The van der Waals surface area contributed by atoms with Crippen LogP contribution in [0.15, 0.2) is 24.3 Å². The number of rotatable bonds is 4. The van der Waals surface area contributed by atoms with Crippen LogP contribution in [-0.4, -0.2) is 58.8 Å². The molecular formula is C17H20N2O4S. The summed E-state index contributed by atoms with van der Waals surface area (Å²) in [6.45, 7) is 1.14. The predicted molar refractivity (Wildman–Crippen MR) is 91.0 cm³/mol. The van der Waals surface area contributed by atoms with E-state index in [1.165, 1.54) is 4.90 Å². The summed E-state index contributed by atoms with van der Waals surface area (Å²) in [6.07, 6.45) is 1.59. The van der Waals surface area contributed by atoms with Crippen molar-refractivity contribution in [1.82, 2.24) is 9.80 Å². The number of carbonyl (C=O) groups excluding carboxylic acids is 3. The average molecular weight is 348 g/mol. The lowest BCUT2D eigenvalue weighted by Crippen LogP contribution is -2.48. The number of benzene rings is 1. The zero-order valence-corrected chi connectivity index (χ0v) is 14.4. The molecule has 0 bridgehead atoms. The Balaban J connectivity index is 1.57. The highest BCUT2D eigenvalue weighted by Gasteiger charge is 2.37. The van der Waals surface area contributed by atoms with Crippen LogP contribution in [-0.2, 0) is 16.0 Å². The van der Waals surface area contributed by atoms with Crippen molar-refractivity contribution >= 4 is 28.8 Å². The van der Waals surface area contributed by atoms with Gasteiger partial charge < -0.3 is 9.64 Å². The van der Waals surface area contributed by atoms with Crippen LogP contribution >= 0.6 is 11.8 Å². The van der Waals surface area contributed by atoms with E-state index in [4.69, 9.17) is 4.74 Å². The van der Waals surface area contributed by atoms with Crippen LogP contribution in [0, 0.1) is 0 Å². The maximum Gasteiger partial charge on any atom is 0.289 e. The summed E-state index contributed by atoms with van der Waals surface area (Å²) in [5.41, 5.74) is 0.869. The quantitative estimate of drug-likeness (QED) is 0.832. The van der Waals surface area contributed by atoms with Crippen LogP contribution in [0.4, 0.5) is 4.79 Å². The fraction of sp³-hybridized carbons (Fsp3) is 0.471. The van der Waals surface area contributed by atoms with Crippen molar-refractivity contribution in [2.75, 3.05) is 26.0 Å². The molecule has 0 spiro atoms. The molecule has 128 valence electrons. The van der Waals surface area contributed by atoms with E-state index in [2.05, 4.69) is 0 Å².